The molecule has 0 bridgehead atoms. The van der Waals surface area contributed by atoms with E-state index in [9.17, 15) is 17.4 Å². The molecule has 1 aromatic heterocycles. The van der Waals surface area contributed by atoms with E-state index in [2.05, 4.69) is 15.2 Å². The maximum absolute atomic E-state index is 13.9. The van der Waals surface area contributed by atoms with E-state index in [-0.39, 0.29) is 10.6 Å². The highest BCUT2D eigenvalue weighted by Crippen LogP contribution is 2.48. The lowest BCUT2D eigenvalue weighted by atomic mass is 9.71. The molecule has 0 radical (unpaired) electrons. The second-order valence-electron chi connectivity index (χ2n) is 8.42. The minimum absolute atomic E-state index is 0.136. The molecule has 182 valence electrons. The molecule has 0 amide bonds. The number of hydrogen-bond donors (Lipinski definition) is 2. The third-order valence-corrected chi connectivity index (χ3v) is 6.80. The molecule has 1 unspecified atom stereocenters. The fraction of sp³-hybridized carbons (Fsp3) is 0.240. The van der Waals surface area contributed by atoms with Gasteiger partial charge in [-0.25, -0.2) is 4.39 Å². The summed E-state index contributed by atoms with van der Waals surface area (Å²) in [6, 6.07) is 7.56. The summed E-state index contributed by atoms with van der Waals surface area (Å²) >= 11 is 0. The van der Waals surface area contributed by atoms with Crippen LogP contribution in [0.4, 0.5) is 10.1 Å². The number of ether oxygens (including phenoxy) is 1. The van der Waals surface area contributed by atoms with Gasteiger partial charge in [0, 0.05) is 16.7 Å². The van der Waals surface area contributed by atoms with Crippen LogP contribution in [0.5, 0.6) is 5.75 Å². The second-order valence-corrected chi connectivity index (χ2v) is 9.81. The zero-order valence-electron chi connectivity index (χ0n) is 19.3. The Labute approximate surface area is 203 Å². The van der Waals surface area contributed by atoms with E-state index in [1.807, 2.05) is 13.0 Å². The summed E-state index contributed by atoms with van der Waals surface area (Å²) in [4.78, 5) is 4.10. The van der Waals surface area contributed by atoms with Crippen molar-refractivity contribution < 1.29 is 22.1 Å². The van der Waals surface area contributed by atoms with Crippen LogP contribution in [0.25, 0.3) is 11.3 Å². The summed E-state index contributed by atoms with van der Waals surface area (Å²) in [5, 5.41) is 8.31. The molecule has 1 atom stereocenters. The molecule has 3 N–H and O–H groups in total. The summed E-state index contributed by atoms with van der Waals surface area (Å²) in [6.07, 6.45) is 9.14. The number of fused-ring (bicyclic) bond motifs is 1. The van der Waals surface area contributed by atoms with Crippen molar-refractivity contribution in [3.63, 3.8) is 0 Å². The molecule has 10 heteroatoms. The summed E-state index contributed by atoms with van der Waals surface area (Å²) < 4.78 is 53.4. The van der Waals surface area contributed by atoms with Crippen LogP contribution in [0, 0.1) is 11.2 Å². The molecule has 0 fully saturated rings. The molecule has 2 aromatic rings. The van der Waals surface area contributed by atoms with Crippen LogP contribution >= 0.6 is 0 Å². The predicted octanol–water partition coefficient (Wildman–Crippen LogP) is 5.61. The molecule has 35 heavy (non-hydrogen) atoms. The first-order valence-corrected chi connectivity index (χ1v) is 12.4. The lowest BCUT2D eigenvalue weighted by Gasteiger charge is -2.37. The van der Waals surface area contributed by atoms with Gasteiger partial charge < -0.3 is 10.5 Å². The lowest BCUT2D eigenvalue weighted by Crippen LogP contribution is -2.33. The van der Waals surface area contributed by atoms with Gasteiger partial charge in [0.1, 0.15) is 27.9 Å². The number of azo groups is 1. The van der Waals surface area contributed by atoms with E-state index < -0.39 is 21.4 Å². The van der Waals surface area contributed by atoms with Crippen LogP contribution in [-0.4, -0.2) is 24.6 Å². The largest absolute Gasteiger partial charge is 0.493 e. The number of rotatable bonds is 7. The third kappa shape index (κ3) is 4.94. The Balaban J connectivity index is 1.66. The molecule has 0 aliphatic heterocycles. The third-order valence-electron chi connectivity index (χ3n) is 5.90. The van der Waals surface area contributed by atoms with Gasteiger partial charge in [0.2, 0.25) is 0 Å². The maximum atomic E-state index is 13.9. The zero-order chi connectivity index (χ0) is 25.2. The molecule has 0 saturated heterocycles. The first-order chi connectivity index (χ1) is 16.6. The van der Waals surface area contributed by atoms with Crippen molar-refractivity contribution in [3.8, 4) is 17.0 Å². The Morgan fingerprint density at radius 3 is 2.74 bits per heavy atom. The van der Waals surface area contributed by atoms with Crippen molar-refractivity contribution in [2.45, 2.75) is 26.7 Å². The number of allylic oxidation sites excluding steroid dienone is 6. The Kier molecular flexibility index (Phi) is 6.68. The number of hydrogen-bond acceptors (Lipinski definition) is 7. The number of aromatic nitrogens is 1. The molecule has 2 aliphatic carbocycles. The first kappa shape index (κ1) is 24.5. The fourth-order valence-electron chi connectivity index (χ4n) is 3.99. The topological polar surface area (TPSA) is 127 Å². The molecule has 8 nitrogen and oxygen atoms in total. The molecule has 2 aliphatic rings. The van der Waals surface area contributed by atoms with E-state index in [0.29, 0.717) is 47.0 Å². The summed E-state index contributed by atoms with van der Waals surface area (Å²) in [6.45, 7) is 4.26. The first-order valence-electron chi connectivity index (χ1n) is 11.0. The fourth-order valence-corrected chi connectivity index (χ4v) is 4.82. The number of pyridine rings is 1. The summed E-state index contributed by atoms with van der Waals surface area (Å²) in [5.74, 6) is 0.117. The molecule has 4 rings (SSSR count). The van der Waals surface area contributed by atoms with Crippen LogP contribution in [0.15, 0.2) is 92.9 Å². The smallest absolute Gasteiger partial charge is 0.294 e. The van der Waals surface area contributed by atoms with Crippen molar-refractivity contribution in [1.29, 1.82) is 0 Å². The van der Waals surface area contributed by atoms with Crippen molar-refractivity contribution in [2.24, 2.45) is 21.4 Å². The maximum Gasteiger partial charge on any atom is 0.294 e. The van der Waals surface area contributed by atoms with E-state index in [1.54, 1.807) is 37.3 Å². The van der Waals surface area contributed by atoms with Gasteiger partial charge in [-0.2, -0.15) is 8.42 Å². The average molecular weight is 497 g/mol. The van der Waals surface area contributed by atoms with Crippen LogP contribution in [0.1, 0.15) is 26.7 Å². The monoisotopic (exact) mass is 496 g/mol. The average Bonchev–Trinajstić information content (AvgIpc) is 2.83. The van der Waals surface area contributed by atoms with Gasteiger partial charge in [-0.15, -0.1) is 10.2 Å². The number of nitrogens with two attached hydrogens (primary N) is 1. The van der Waals surface area contributed by atoms with Gasteiger partial charge >= 0.3 is 0 Å². The van der Waals surface area contributed by atoms with Gasteiger partial charge in [-0.3, -0.25) is 9.54 Å². The van der Waals surface area contributed by atoms with Gasteiger partial charge in [-0.05, 0) is 61.7 Å². The highest BCUT2D eigenvalue weighted by molar-refractivity contribution is 7.90. The number of benzene rings is 1. The highest BCUT2D eigenvalue weighted by Gasteiger charge is 2.42. The van der Waals surface area contributed by atoms with Crippen molar-refractivity contribution in [3.05, 3.63) is 88.5 Å². The Morgan fingerprint density at radius 2 is 2.06 bits per heavy atom. The van der Waals surface area contributed by atoms with E-state index in [0.717, 1.165) is 6.42 Å². The van der Waals surface area contributed by atoms with Crippen LogP contribution in [-0.2, 0) is 10.1 Å². The number of nitrogens with zero attached hydrogens (tertiary/aromatic N) is 3. The van der Waals surface area contributed by atoms with Crippen LogP contribution in [0.2, 0.25) is 0 Å². The lowest BCUT2D eigenvalue weighted by molar-refractivity contribution is 0.318. The van der Waals surface area contributed by atoms with Gasteiger partial charge in [0.25, 0.3) is 10.1 Å². The normalized spacial score (nSPS) is 20.0. The zero-order valence-corrected chi connectivity index (χ0v) is 20.1. The SMILES string of the molecule is CCCOc1ccc(F)cc1-c1ccc(/N=N/C2=C(N)C3(C)CC=CC=C3C(S(=O)(=O)O)=C2)cn1. The predicted molar refractivity (Wildman–Crippen MR) is 131 cm³/mol. The number of halogens is 1. The second kappa shape index (κ2) is 9.55. The molecule has 0 saturated carbocycles. The molecule has 0 spiro atoms. The standard InChI is InChI=1S/C25H25FN4O4S/c1-3-12-34-22-10-7-16(26)13-18(22)20-9-8-17(15-28-20)29-30-21-14-23(35(31,32)33)19-6-4-5-11-25(19,2)24(21)27/h4-10,13-15H,3,11-12,27H2,1-2H3,(H,31,32,33)/b30-29+. The van der Waals surface area contributed by atoms with Crippen LogP contribution < -0.4 is 10.5 Å². The molecular formula is C25H25FN4O4S. The van der Waals surface area contributed by atoms with Crippen molar-refractivity contribution in [1.82, 2.24) is 4.98 Å². The minimum Gasteiger partial charge on any atom is -0.493 e. The van der Waals surface area contributed by atoms with E-state index in [4.69, 9.17) is 10.5 Å². The quantitative estimate of drug-likeness (QED) is 0.379. The van der Waals surface area contributed by atoms with E-state index in [1.165, 1.54) is 24.4 Å². The Hall–Kier alpha value is -3.63. The van der Waals surface area contributed by atoms with Crippen molar-refractivity contribution >= 4 is 15.8 Å². The highest BCUT2D eigenvalue weighted by atomic mass is 32.2. The molecule has 1 aromatic carbocycles. The van der Waals surface area contributed by atoms with Crippen molar-refractivity contribution in [2.75, 3.05) is 6.61 Å². The van der Waals surface area contributed by atoms with E-state index >= 15 is 0 Å². The Morgan fingerprint density at radius 1 is 1.26 bits per heavy atom. The minimum atomic E-state index is -4.51. The van der Waals surface area contributed by atoms with Gasteiger partial charge in [-0.1, -0.05) is 25.2 Å². The van der Waals surface area contributed by atoms with Gasteiger partial charge in [0.05, 0.1) is 18.5 Å². The Bertz CT molecular complexity index is 1410. The van der Waals surface area contributed by atoms with Gasteiger partial charge in [0.15, 0.2) is 0 Å². The van der Waals surface area contributed by atoms with Crippen LogP contribution in [0.3, 0.4) is 0 Å². The summed E-state index contributed by atoms with van der Waals surface area (Å²) in [5.41, 5.74) is 7.79. The molecule has 1 heterocycles. The summed E-state index contributed by atoms with van der Waals surface area (Å²) in [7, 11) is -4.51. The molecular weight excluding hydrogens is 471 g/mol.